The van der Waals surface area contributed by atoms with E-state index in [-0.39, 0.29) is 12.1 Å². The third kappa shape index (κ3) is 10.1. The van der Waals surface area contributed by atoms with Gasteiger partial charge in [0.15, 0.2) is 0 Å². The number of ether oxygens (including phenoxy) is 1. The summed E-state index contributed by atoms with van der Waals surface area (Å²) in [6.45, 7) is 2.22. The smallest absolute Gasteiger partial charge is 0.306 e. The van der Waals surface area contributed by atoms with Crippen LogP contribution in [0.25, 0.3) is 0 Å². The van der Waals surface area contributed by atoms with Crippen LogP contribution in [0.15, 0.2) is 36.5 Å². The summed E-state index contributed by atoms with van der Waals surface area (Å²) in [4.78, 5) is 11.2. The molecule has 0 aromatic heterocycles. The highest BCUT2D eigenvalue weighted by atomic mass is 16.6. The lowest BCUT2D eigenvalue weighted by Gasteiger charge is -2.25. The zero-order chi connectivity index (χ0) is 16.8. The molecular formula is C20H32O3. The Hall–Kier alpha value is -1.35. The first-order chi connectivity index (χ1) is 11.2. The Labute approximate surface area is 141 Å². The Balaban J connectivity index is 2.05. The Morgan fingerprint density at radius 1 is 1.13 bits per heavy atom. The van der Waals surface area contributed by atoms with Crippen molar-refractivity contribution in [3.05, 3.63) is 36.5 Å². The summed E-state index contributed by atoms with van der Waals surface area (Å²) >= 11 is 0. The molecule has 1 aliphatic heterocycles. The van der Waals surface area contributed by atoms with Gasteiger partial charge in [-0.25, -0.2) is 0 Å². The maximum atomic E-state index is 11.2. The normalized spacial score (nSPS) is 20.6. The molecule has 1 saturated heterocycles. The molecule has 0 amide bonds. The summed E-state index contributed by atoms with van der Waals surface area (Å²) in [6, 6.07) is 0. The molecule has 0 spiro atoms. The molecule has 0 bridgehead atoms. The molecule has 130 valence electrons. The lowest BCUT2D eigenvalue weighted by atomic mass is 10.0. The van der Waals surface area contributed by atoms with Crippen molar-refractivity contribution in [1.82, 2.24) is 0 Å². The van der Waals surface area contributed by atoms with Crippen molar-refractivity contribution in [1.29, 1.82) is 0 Å². The molecule has 0 aromatic carbocycles. The minimum Gasteiger partial charge on any atom is -0.460 e. The van der Waals surface area contributed by atoms with Gasteiger partial charge in [-0.2, -0.15) is 0 Å². The molecule has 1 fully saturated rings. The summed E-state index contributed by atoms with van der Waals surface area (Å²) < 4.78 is 5.16. The predicted octanol–water partition coefficient (Wildman–Crippen LogP) is 4.86. The van der Waals surface area contributed by atoms with E-state index in [9.17, 15) is 9.90 Å². The SMILES string of the molecule is CCCCCC=CCC=CCC=CCC(O)C1CCCC(=O)O1. The fourth-order valence-electron chi connectivity index (χ4n) is 2.56. The van der Waals surface area contributed by atoms with Gasteiger partial charge < -0.3 is 9.84 Å². The number of hydrogen-bond donors (Lipinski definition) is 1. The third-order valence-corrected chi connectivity index (χ3v) is 3.98. The van der Waals surface area contributed by atoms with E-state index in [1.165, 1.54) is 25.7 Å². The summed E-state index contributed by atoms with van der Waals surface area (Å²) in [7, 11) is 0. The van der Waals surface area contributed by atoms with Crippen LogP contribution in [0.1, 0.15) is 71.1 Å². The summed E-state index contributed by atoms with van der Waals surface area (Å²) in [5.74, 6) is -0.185. The van der Waals surface area contributed by atoms with E-state index in [0.29, 0.717) is 12.8 Å². The molecule has 3 nitrogen and oxygen atoms in total. The van der Waals surface area contributed by atoms with E-state index in [1.807, 2.05) is 6.08 Å². The van der Waals surface area contributed by atoms with Crippen molar-refractivity contribution in [2.45, 2.75) is 83.3 Å². The number of allylic oxidation sites excluding steroid dienone is 5. The lowest BCUT2D eigenvalue weighted by Crippen LogP contribution is -2.34. The minimum absolute atomic E-state index is 0.185. The Morgan fingerprint density at radius 2 is 1.83 bits per heavy atom. The lowest BCUT2D eigenvalue weighted by molar-refractivity contribution is -0.160. The summed E-state index contributed by atoms with van der Waals surface area (Å²) in [5, 5.41) is 10.00. The van der Waals surface area contributed by atoms with Crippen LogP contribution in [-0.2, 0) is 9.53 Å². The standard InChI is InChI=1S/C20H32O3/c1-2-3-4-5-6-7-8-9-10-11-12-13-15-18(21)19-16-14-17-20(22)23-19/h6-7,9-10,12-13,18-19,21H,2-5,8,11,14-17H2,1H3. The fourth-order valence-corrected chi connectivity index (χ4v) is 2.56. The molecule has 2 unspecified atom stereocenters. The average Bonchev–Trinajstić information content (AvgIpc) is 2.55. The van der Waals surface area contributed by atoms with E-state index < -0.39 is 6.10 Å². The van der Waals surface area contributed by atoms with E-state index >= 15 is 0 Å². The topological polar surface area (TPSA) is 46.5 Å². The number of carbonyl (C=O) groups excluding carboxylic acids is 1. The molecule has 1 N–H and O–H groups in total. The highest BCUT2D eigenvalue weighted by Crippen LogP contribution is 2.18. The van der Waals surface area contributed by atoms with Crippen LogP contribution in [0, 0.1) is 0 Å². The first kappa shape index (κ1) is 19.7. The number of hydrogen-bond acceptors (Lipinski definition) is 3. The van der Waals surface area contributed by atoms with Gasteiger partial charge in [-0.1, -0.05) is 56.2 Å². The number of unbranched alkanes of at least 4 members (excludes halogenated alkanes) is 3. The number of cyclic esters (lactones) is 1. The van der Waals surface area contributed by atoms with Crippen molar-refractivity contribution in [3.8, 4) is 0 Å². The van der Waals surface area contributed by atoms with Gasteiger partial charge in [-0.05, 0) is 44.9 Å². The van der Waals surface area contributed by atoms with Gasteiger partial charge in [0, 0.05) is 6.42 Å². The number of aliphatic hydroxyl groups excluding tert-OH is 1. The quantitative estimate of drug-likeness (QED) is 0.336. The van der Waals surface area contributed by atoms with Gasteiger partial charge in [0.25, 0.3) is 0 Å². The summed E-state index contributed by atoms with van der Waals surface area (Å²) in [6.07, 6.45) is 21.5. The van der Waals surface area contributed by atoms with Crippen molar-refractivity contribution in [3.63, 3.8) is 0 Å². The second-order valence-corrected chi connectivity index (χ2v) is 6.10. The molecule has 2 atom stereocenters. The molecule has 1 aliphatic rings. The van der Waals surface area contributed by atoms with E-state index in [0.717, 1.165) is 25.7 Å². The Kier molecular flexibility index (Phi) is 11.2. The van der Waals surface area contributed by atoms with Crippen LogP contribution in [0.3, 0.4) is 0 Å². The first-order valence-electron chi connectivity index (χ1n) is 9.06. The van der Waals surface area contributed by atoms with Crippen LogP contribution in [0.5, 0.6) is 0 Å². The van der Waals surface area contributed by atoms with Crippen molar-refractivity contribution >= 4 is 5.97 Å². The highest BCUT2D eigenvalue weighted by Gasteiger charge is 2.26. The highest BCUT2D eigenvalue weighted by molar-refractivity contribution is 5.70. The minimum atomic E-state index is -0.578. The molecule has 0 aliphatic carbocycles. The van der Waals surface area contributed by atoms with E-state index in [4.69, 9.17) is 4.74 Å². The van der Waals surface area contributed by atoms with Crippen LogP contribution in [0.2, 0.25) is 0 Å². The second-order valence-electron chi connectivity index (χ2n) is 6.10. The zero-order valence-electron chi connectivity index (χ0n) is 14.5. The van der Waals surface area contributed by atoms with Crippen LogP contribution in [-0.4, -0.2) is 23.3 Å². The number of carbonyl (C=O) groups is 1. The van der Waals surface area contributed by atoms with Gasteiger partial charge in [0.05, 0.1) is 6.10 Å². The van der Waals surface area contributed by atoms with Crippen LogP contribution >= 0.6 is 0 Å². The van der Waals surface area contributed by atoms with Crippen LogP contribution in [0.4, 0.5) is 0 Å². The number of esters is 1. The molecule has 1 heterocycles. The maximum absolute atomic E-state index is 11.2. The Morgan fingerprint density at radius 3 is 2.52 bits per heavy atom. The predicted molar refractivity (Wildman–Crippen MR) is 95.2 cm³/mol. The molecule has 0 radical (unpaired) electrons. The van der Waals surface area contributed by atoms with Gasteiger partial charge in [0.1, 0.15) is 6.10 Å². The van der Waals surface area contributed by atoms with Gasteiger partial charge in [0.2, 0.25) is 0 Å². The maximum Gasteiger partial charge on any atom is 0.306 e. The average molecular weight is 320 g/mol. The van der Waals surface area contributed by atoms with Gasteiger partial charge in [-0.15, -0.1) is 0 Å². The van der Waals surface area contributed by atoms with E-state index in [1.54, 1.807) is 0 Å². The van der Waals surface area contributed by atoms with Crippen molar-refractivity contribution in [2.75, 3.05) is 0 Å². The molecule has 1 rings (SSSR count). The number of aliphatic hydroxyl groups is 1. The molecule has 23 heavy (non-hydrogen) atoms. The van der Waals surface area contributed by atoms with Gasteiger partial charge >= 0.3 is 5.97 Å². The number of rotatable bonds is 11. The molecule has 3 heteroatoms. The Bertz CT molecular complexity index is 396. The van der Waals surface area contributed by atoms with Gasteiger partial charge in [-0.3, -0.25) is 4.79 Å². The van der Waals surface area contributed by atoms with Crippen molar-refractivity contribution in [2.24, 2.45) is 0 Å². The molecular weight excluding hydrogens is 288 g/mol. The monoisotopic (exact) mass is 320 g/mol. The summed E-state index contributed by atoms with van der Waals surface area (Å²) in [5.41, 5.74) is 0. The molecule has 0 saturated carbocycles. The van der Waals surface area contributed by atoms with E-state index in [2.05, 4.69) is 37.3 Å². The largest absolute Gasteiger partial charge is 0.460 e. The third-order valence-electron chi connectivity index (χ3n) is 3.98. The first-order valence-corrected chi connectivity index (χ1v) is 9.06. The zero-order valence-corrected chi connectivity index (χ0v) is 14.5. The van der Waals surface area contributed by atoms with Crippen molar-refractivity contribution < 1.29 is 14.6 Å². The second kappa shape index (κ2) is 13.1. The van der Waals surface area contributed by atoms with Crippen LogP contribution < -0.4 is 0 Å². The molecule has 0 aromatic rings. The fraction of sp³-hybridized carbons (Fsp3) is 0.650.